The van der Waals surface area contributed by atoms with Crippen LogP contribution in [0.1, 0.15) is 67.7 Å². The Labute approximate surface area is 179 Å². The maximum atomic E-state index is 11.1. The van der Waals surface area contributed by atoms with Gasteiger partial charge in [-0.25, -0.2) is 5.48 Å². The van der Waals surface area contributed by atoms with E-state index in [0.717, 1.165) is 30.8 Å². The van der Waals surface area contributed by atoms with E-state index in [2.05, 4.69) is 56.3 Å². The highest BCUT2D eigenvalue weighted by molar-refractivity contribution is 5.90. The first-order valence-electron chi connectivity index (χ1n) is 10.7. The van der Waals surface area contributed by atoms with Gasteiger partial charge in [-0.15, -0.1) is 0 Å². The smallest absolute Gasteiger partial charge is 0.267 e. The Kier molecular flexibility index (Phi) is 6.78. The van der Waals surface area contributed by atoms with Crippen LogP contribution >= 0.6 is 0 Å². The summed E-state index contributed by atoms with van der Waals surface area (Å²) in [6, 6.07) is 8.77. The number of aryl methyl sites for hydroxylation is 1. The Bertz CT molecular complexity index is 907. The number of carbonyl (C=O) groups excluding carboxylic acids is 1. The minimum Gasteiger partial charge on any atom is -0.296 e. The van der Waals surface area contributed by atoms with Crippen molar-refractivity contribution in [3.8, 4) is 0 Å². The SMILES string of the molecule is Cc1nn(C(C)(C)C)c(C)c1CCN1CCC[C@H]1c1ccc(/C=C/C(=O)NO)cc1. The number of benzene rings is 1. The van der Waals surface area contributed by atoms with E-state index in [1.165, 1.54) is 35.7 Å². The van der Waals surface area contributed by atoms with Gasteiger partial charge in [-0.2, -0.15) is 5.10 Å². The molecule has 1 fully saturated rings. The lowest BCUT2D eigenvalue weighted by atomic mass is 10.0. The van der Waals surface area contributed by atoms with E-state index >= 15 is 0 Å². The Balaban J connectivity index is 1.68. The molecule has 0 saturated carbocycles. The van der Waals surface area contributed by atoms with Crippen LogP contribution in [0.5, 0.6) is 0 Å². The second-order valence-corrected chi connectivity index (χ2v) is 9.15. The third kappa shape index (κ3) is 4.99. The quantitative estimate of drug-likeness (QED) is 0.426. The molecule has 1 atom stereocenters. The van der Waals surface area contributed by atoms with Crippen molar-refractivity contribution in [1.82, 2.24) is 20.2 Å². The summed E-state index contributed by atoms with van der Waals surface area (Å²) in [5.74, 6) is -0.526. The highest BCUT2D eigenvalue weighted by Gasteiger charge is 2.27. The van der Waals surface area contributed by atoms with Gasteiger partial charge in [0.1, 0.15) is 0 Å². The molecule has 3 rings (SSSR count). The normalized spacial score (nSPS) is 17.7. The summed E-state index contributed by atoms with van der Waals surface area (Å²) in [6.07, 6.45) is 6.41. The Morgan fingerprint density at radius 2 is 1.97 bits per heavy atom. The number of nitrogens with one attached hydrogen (secondary N) is 1. The molecule has 162 valence electrons. The molecule has 1 amide bonds. The van der Waals surface area contributed by atoms with Gasteiger partial charge in [0.05, 0.1) is 11.2 Å². The second kappa shape index (κ2) is 9.14. The number of likely N-dealkylation sites (tertiary alicyclic amines) is 1. The molecule has 2 heterocycles. The van der Waals surface area contributed by atoms with Gasteiger partial charge in [0.15, 0.2) is 0 Å². The van der Waals surface area contributed by atoms with Crippen molar-refractivity contribution >= 4 is 12.0 Å². The molecular formula is C24H34N4O2. The fourth-order valence-corrected chi connectivity index (χ4v) is 4.46. The van der Waals surface area contributed by atoms with Gasteiger partial charge < -0.3 is 0 Å². The van der Waals surface area contributed by atoms with Gasteiger partial charge in [-0.3, -0.25) is 19.6 Å². The van der Waals surface area contributed by atoms with Crippen LogP contribution in [0.2, 0.25) is 0 Å². The zero-order chi connectivity index (χ0) is 21.9. The van der Waals surface area contributed by atoms with Gasteiger partial charge in [0, 0.05) is 24.4 Å². The van der Waals surface area contributed by atoms with Crippen molar-refractivity contribution in [1.29, 1.82) is 0 Å². The number of rotatable bonds is 6. The first-order chi connectivity index (χ1) is 14.2. The predicted octanol–water partition coefficient (Wildman–Crippen LogP) is 4.15. The highest BCUT2D eigenvalue weighted by atomic mass is 16.5. The van der Waals surface area contributed by atoms with E-state index in [9.17, 15) is 4.79 Å². The lowest BCUT2D eigenvalue weighted by molar-refractivity contribution is -0.124. The topological polar surface area (TPSA) is 70.4 Å². The molecule has 1 aliphatic heterocycles. The molecule has 6 heteroatoms. The van der Waals surface area contributed by atoms with E-state index in [1.54, 1.807) is 11.6 Å². The Morgan fingerprint density at radius 1 is 1.27 bits per heavy atom. The third-order valence-corrected chi connectivity index (χ3v) is 5.95. The molecule has 2 aromatic rings. The summed E-state index contributed by atoms with van der Waals surface area (Å²) in [4.78, 5) is 13.7. The van der Waals surface area contributed by atoms with Crippen molar-refractivity contribution in [3.05, 3.63) is 58.4 Å². The van der Waals surface area contributed by atoms with Crippen molar-refractivity contribution in [2.75, 3.05) is 13.1 Å². The number of hydroxylamine groups is 1. The summed E-state index contributed by atoms with van der Waals surface area (Å²) in [6.45, 7) is 13.0. The average Bonchev–Trinajstić information content (AvgIpc) is 3.29. The number of amides is 1. The van der Waals surface area contributed by atoms with E-state index in [4.69, 9.17) is 10.3 Å². The number of nitrogens with zero attached hydrogens (tertiary/aromatic N) is 3. The number of hydrogen-bond acceptors (Lipinski definition) is 4. The zero-order valence-electron chi connectivity index (χ0n) is 18.8. The van der Waals surface area contributed by atoms with Gasteiger partial charge in [-0.1, -0.05) is 24.3 Å². The minimum atomic E-state index is -0.526. The second-order valence-electron chi connectivity index (χ2n) is 9.15. The van der Waals surface area contributed by atoms with Gasteiger partial charge >= 0.3 is 0 Å². The first kappa shape index (κ1) is 22.2. The van der Waals surface area contributed by atoms with E-state index in [0.29, 0.717) is 6.04 Å². The molecule has 0 unspecified atom stereocenters. The summed E-state index contributed by atoms with van der Waals surface area (Å²) in [5.41, 5.74) is 7.64. The monoisotopic (exact) mass is 410 g/mol. The fourth-order valence-electron chi connectivity index (χ4n) is 4.46. The fraction of sp³-hybridized carbons (Fsp3) is 0.500. The molecule has 0 bridgehead atoms. The van der Waals surface area contributed by atoms with Gasteiger partial charge in [-0.05, 0) is 83.2 Å². The van der Waals surface area contributed by atoms with Crippen LogP contribution in [-0.2, 0) is 16.8 Å². The van der Waals surface area contributed by atoms with Crippen molar-refractivity contribution in [2.45, 2.75) is 65.5 Å². The largest absolute Gasteiger partial charge is 0.296 e. The molecule has 6 nitrogen and oxygen atoms in total. The van der Waals surface area contributed by atoms with E-state index in [-0.39, 0.29) is 5.54 Å². The molecule has 1 aliphatic rings. The van der Waals surface area contributed by atoms with Gasteiger partial charge in [0.25, 0.3) is 5.91 Å². The first-order valence-corrected chi connectivity index (χ1v) is 10.7. The van der Waals surface area contributed by atoms with Crippen LogP contribution in [0.3, 0.4) is 0 Å². The van der Waals surface area contributed by atoms with E-state index in [1.807, 2.05) is 12.1 Å². The maximum Gasteiger partial charge on any atom is 0.267 e. The van der Waals surface area contributed by atoms with Crippen LogP contribution in [0.15, 0.2) is 30.3 Å². The lowest BCUT2D eigenvalue weighted by Crippen LogP contribution is -2.26. The molecule has 0 aliphatic carbocycles. The summed E-state index contributed by atoms with van der Waals surface area (Å²) in [7, 11) is 0. The standard InChI is InChI=1S/C24H34N4O2/c1-17-21(18(2)28(25-17)24(3,4)5)14-16-27-15-6-7-22(27)20-11-8-19(9-12-20)10-13-23(29)26-30/h8-13,22,30H,6-7,14-16H2,1-5H3,(H,26,29)/b13-10+/t22-/m0/s1. The van der Waals surface area contributed by atoms with Crippen molar-refractivity contribution < 1.29 is 10.0 Å². The Hall–Kier alpha value is -2.44. The molecule has 0 spiro atoms. The zero-order valence-corrected chi connectivity index (χ0v) is 18.8. The molecular weight excluding hydrogens is 376 g/mol. The molecule has 30 heavy (non-hydrogen) atoms. The van der Waals surface area contributed by atoms with Crippen LogP contribution in [-0.4, -0.2) is 38.9 Å². The summed E-state index contributed by atoms with van der Waals surface area (Å²) >= 11 is 0. The van der Waals surface area contributed by atoms with Gasteiger partial charge in [0.2, 0.25) is 0 Å². The number of carbonyl (C=O) groups is 1. The minimum absolute atomic E-state index is 0.00266. The van der Waals surface area contributed by atoms with Crippen molar-refractivity contribution in [3.63, 3.8) is 0 Å². The summed E-state index contributed by atoms with van der Waals surface area (Å²) in [5, 5.41) is 13.4. The lowest BCUT2D eigenvalue weighted by Gasteiger charge is -2.25. The molecule has 1 aromatic heterocycles. The number of aromatic nitrogens is 2. The Morgan fingerprint density at radius 3 is 2.57 bits per heavy atom. The summed E-state index contributed by atoms with van der Waals surface area (Å²) < 4.78 is 2.16. The molecule has 1 aromatic carbocycles. The molecule has 1 saturated heterocycles. The van der Waals surface area contributed by atoms with Crippen molar-refractivity contribution in [2.24, 2.45) is 0 Å². The highest BCUT2D eigenvalue weighted by Crippen LogP contribution is 2.32. The van der Waals surface area contributed by atoms with E-state index < -0.39 is 5.91 Å². The predicted molar refractivity (Wildman–Crippen MR) is 119 cm³/mol. The number of hydrogen-bond donors (Lipinski definition) is 2. The van der Waals surface area contributed by atoms with Crippen LogP contribution in [0, 0.1) is 13.8 Å². The molecule has 2 N–H and O–H groups in total. The average molecular weight is 411 g/mol. The van der Waals surface area contributed by atoms with Crippen LogP contribution < -0.4 is 5.48 Å². The molecule has 0 radical (unpaired) electrons. The van der Waals surface area contributed by atoms with Crippen LogP contribution in [0.25, 0.3) is 6.08 Å². The van der Waals surface area contributed by atoms with Crippen LogP contribution in [0.4, 0.5) is 0 Å². The third-order valence-electron chi connectivity index (χ3n) is 5.95. The maximum absolute atomic E-state index is 11.1.